The molecule has 10 nitrogen and oxygen atoms in total. The zero-order valence-electron chi connectivity index (χ0n) is 21.1. The van der Waals surface area contributed by atoms with Gasteiger partial charge in [-0.05, 0) is 53.3 Å². The predicted octanol–water partition coefficient (Wildman–Crippen LogP) is 1.28. The van der Waals surface area contributed by atoms with Crippen molar-refractivity contribution >= 4 is 32.6 Å². The standard InChI is InChI=1S/C27H34N6O4S/c28-26(32-29)21-10-8-19(9-11-21)16-24(27(35)33-14-4-1-5-15-33)31-25(34)18-30-38(36,37)23-13-12-20-6-2-3-7-22(20)17-23/h2-3,6-13,17,24,26,30,32H,1,4-5,14-16,18,28-29H2,(H,31,34)/t24-,26?/m1/s1. The van der Waals surface area contributed by atoms with Crippen LogP contribution in [0.25, 0.3) is 10.8 Å². The van der Waals surface area contributed by atoms with Gasteiger partial charge in [0.2, 0.25) is 21.8 Å². The first-order valence-corrected chi connectivity index (χ1v) is 14.1. The lowest BCUT2D eigenvalue weighted by molar-refractivity contribution is -0.137. The number of amides is 2. The van der Waals surface area contributed by atoms with Gasteiger partial charge in [-0.1, -0.05) is 54.6 Å². The minimum absolute atomic E-state index is 0.0650. The fourth-order valence-electron chi connectivity index (χ4n) is 4.55. The number of carbonyl (C=O) groups is 2. The molecular formula is C27H34N6O4S. The monoisotopic (exact) mass is 538 g/mol. The summed E-state index contributed by atoms with van der Waals surface area (Å²) >= 11 is 0. The summed E-state index contributed by atoms with van der Waals surface area (Å²) in [6.07, 6.45) is 2.62. The van der Waals surface area contributed by atoms with Crippen LogP contribution in [0.15, 0.2) is 71.6 Å². The Morgan fingerprint density at radius 3 is 2.29 bits per heavy atom. The number of likely N-dealkylation sites (tertiary alicyclic amines) is 1. The Balaban J connectivity index is 1.44. The van der Waals surface area contributed by atoms with E-state index in [2.05, 4.69) is 15.5 Å². The average Bonchev–Trinajstić information content (AvgIpc) is 2.95. The molecule has 2 atom stereocenters. The van der Waals surface area contributed by atoms with E-state index >= 15 is 0 Å². The van der Waals surface area contributed by atoms with Gasteiger partial charge in [-0.15, -0.1) is 0 Å². The summed E-state index contributed by atoms with van der Waals surface area (Å²) < 4.78 is 28.1. The molecule has 1 heterocycles. The SMILES string of the molecule is NNC(N)c1ccc(C[C@@H](NC(=O)CNS(=O)(=O)c2ccc3ccccc3c2)C(=O)N2CCCCC2)cc1. The molecule has 0 aliphatic carbocycles. The van der Waals surface area contributed by atoms with Crippen molar-refractivity contribution < 1.29 is 18.0 Å². The van der Waals surface area contributed by atoms with Crippen molar-refractivity contribution in [2.24, 2.45) is 11.6 Å². The van der Waals surface area contributed by atoms with Crippen LogP contribution in [0, 0.1) is 0 Å². The Morgan fingerprint density at radius 2 is 1.61 bits per heavy atom. The lowest BCUT2D eigenvalue weighted by Crippen LogP contribution is -2.52. The maximum Gasteiger partial charge on any atom is 0.245 e. The highest BCUT2D eigenvalue weighted by Gasteiger charge is 2.28. The third kappa shape index (κ3) is 6.94. The largest absolute Gasteiger partial charge is 0.343 e. The number of carbonyl (C=O) groups excluding carboxylic acids is 2. The molecule has 0 bridgehead atoms. The molecule has 7 N–H and O–H groups in total. The number of hydrogen-bond acceptors (Lipinski definition) is 7. The second kappa shape index (κ2) is 12.5. The van der Waals surface area contributed by atoms with Crippen LogP contribution >= 0.6 is 0 Å². The molecule has 1 fully saturated rings. The minimum atomic E-state index is -3.93. The Morgan fingerprint density at radius 1 is 0.921 bits per heavy atom. The van der Waals surface area contributed by atoms with Gasteiger partial charge in [0.05, 0.1) is 17.6 Å². The fourth-order valence-corrected chi connectivity index (χ4v) is 5.57. The van der Waals surface area contributed by atoms with Crippen LogP contribution in [0.5, 0.6) is 0 Å². The van der Waals surface area contributed by atoms with E-state index in [4.69, 9.17) is 11.6 Å². The normalized spacial score (nSPS) is 15.7. The van der Waals surface area contributed by atoms with E-state index in [0.29, 0.717) is 13.1 Å². The minimum Gasteiger partial charge on any atom is -0.343 e. The topological polar surface area (TPSA) is 160 Å². The molecule has 1 aliphatic heterocycles. The van der Waals surface area contributed by atoms with E-state index in [-0.39, 0.29) is 17.2 Å². The third-order valence-electron chi connectivity index (χ3n) is 6.71. The van der Waals surface area contributed by atoms with Gasteiger partial charge in [0.25, 0.3) is 0 Å². The van der Waals surface area contributed by atoms with E-state index in [9.17, 15) is 18.0 Å². The molecule has 2 amide bonds. The molecule has 202 valence electrons. The van der Waals surface area contributed by atoms with Crippen LogP contribution in [-0.4, -0.2) is 50.8 Å². The van der Waals surface area contributed by atoms with Crippen LogP contribution in [0.4, 0.5) is 0 Å². The Hall–Kier alpha value is -3.35. The van der Waals surface area contributed by atoms with Crippen molar-refractivity contribution in [3.63, 3.8) is 0 Å². The van der Waals surface area contributed by atoms with Gasteiger partial charge in [-0.3, -0.25) is 15.4 Å². The highest BCUT2D eigenvalue weighted by atomic mass is 32.2. The van der Waals surface area contributed by atoms with Gasteiger partial charge in [-0.25, -0.2) is 18.6 Å². The molecule has 1 saturated heterocycles. The Bertz CT molecular complexity index is 1370. The van der Waals surface area contributed by atoms with Crippen molar-refractivity contribution in [2.75, 3.05) is 19.6 Å². The van der Waals surface area contributed by atoms with Gasteiger partial charge in [-0.2, -0.15) is 0 Å². The van der Waals surface area contributed by atoms with Crippen LogP contribution < -0.4 is 27.0 Å². The molecular weight excluding hydrogens is 504 g/mol. The first kappa shape index (κ1) is 27.7. The van der Waals surface area contributed by atoms with E-state index in [1.165, 1.54) is 6.07 Å². The number of piperidine rings is 1. The zero-order valence-corrected chi connectivity index (χ0v) is 21.9. The van der Waals surface area contributed by atoms with Crippen molar-refractivity contribution in [3.8, 4) is 0 Å². The zero-order chi connectivity index (χ0) is 27.1. The summed E-state index contributed by atoms with van der Waals surface area (Å²) in [5.41, 5.74) is 9.97. The summed E-state index contributed by atoms with van der Waals surface area (Å²) in [7, 11) is -3.93. The van der Waals surface area contributed by atoms with Crippen molar-refractivity contribution in [1.82, 2.24) is 20.4 Å². The van der Waals surface area contributed by atoms with Crippen molar-refractivity contribution in [3.05, 3.63) is 77.9 Å². The number of rotatable bonds is 10. The lowest BCUT2D eigenvalue weighted by Gasteiger charge is -2.31. The van der Waals surface area contributed by atoms with Crippen molar-refractivity contribution in [1.29, 1.82) is 0 Å². The van der Waals surface area contributed by atoms with Gasteiger partial charge in [0.15, 0.2) is 0 Å². The highest BCUT2D eigenvalue weighted by molar-refractivity contribution is 7.89. The van der Waals surface area contributed by atoms with E-state index in [1.807, 2.05) is 48.5 Å². The first-order chi connectivity index (χ1) is 18.3. The molecule has 1 unspecified atom stereocenters. The van der Waals surface area contributed by atoms with Crippen LogP contribution in [0.3, 0.4) is 0 Å². The summed E-state index contributed by atoms with van der Waals surface area (Å²) in [5, 5.41) is 4.44. The maximum atomic E-state index is 13.3. The number of nitrogens with zero attached hydrogens (tertiary/aromatic N) is 1. The van der Waals surface area contributed by atoms with Crippen LogP contribution in [0.2, 0.25) is 0 Å². The summed E-state index contributed by atoms with van der Waals surface area (Å²) in [4.78, 5) is 28.0. The van der Waals surface area contributed by atoms with Gasteiger partial charge >= 0.3 is 0 Å². The molecule has 0 radical (unpaired) electrons. The molecule has 0 aromatic heterocycles. The molecule has 4 rings (SSSR count). The molecule has 0 saturated carbocycles. The van der Waals surface area contributed by atoms with E-state index in [0.717, 1.165) is 41.2 Å². The lowest BCUT2D eigenvalue weighted by atomic mass is 10.0. The number of benzene rings is 3. The second-order valence-corrected chi connectivity index (χ2v) is 11.2. The number of fused-ring (bicyclic) bond motifs is 1. The van der Waals surface area contributed by atoms with E-state index < -0.39 is 34.7 Å². The molecule has 3 aromatic carbocycles. The molecule has 11 heteroatoms. The fraction of sp³-hybridized carbons (Fsp3) is 0.333. The number of nitrogens with one attached hydrogen (secondary N) is 3. The van der Waals surface area contributed by atoms with Gasteiger partial charge in [0.1, 0.15) is 6.04 Å². The summed E-state index contributed by atoms with van der Waals surface area (Å²) in [6.45, 7) is 0.778. The maximum absolute atomic E-state index is 13.3. The van der Waals surface area contributed by atoms with E-state index in [1.54, 1.807) is 17.0 Å². The number of hydrazine groups is 1. The molecule has 38 heavy (non-hydrogen) atoms. The second-order valence-electron chi connectivity index (χ2n) is 9.43. The highest BCUT2D eigenvalue weighted by Crippen LogP contribution is 2.19. The van der Waals surface area contributed by atoms with Crippen LogP contribution in [-0.2, 0) is 26.0 Å². The average molecular weight is 539 g/mol. The summed E-state index contributed by atoms with van der Waals surface area (Å²) in [5.74, 6) is 4.63. The van der Waals surface area contributed by atoms with Crippen LogP contribution in [0.1, 0.15) is 36.6 Å². The Labute approximate surface area is 222 Å². The first-order valence-electron chi connectivity index (χ1n) is 12.6. The summed E-state index contributed by atoms with van der Waals surface area (Å²) in [6, 6.07) is 18.6. The number of nitrogens with two attached hydrogens (primary N) is 2. The number of hydrogen-bond donors (Lipinski definition) is 5. The Kier molecular flexibility index (Phi) is 9.08. The third-order valence-corrected chi connectivity index (χ3v) is 8.11. The van der Waals surface area contributed by atoms with Crippen molar-refractivity contribution in [2.45, 2.75) is 42.8 Å². The van der Waals surface area contributed by atoms with Gasteiger partial charge < -0.3 is 16.0 Å². The smallest absolute Gasteiger partial charge is 0.245 e. The molecule has 0 spiro atoms. The predicted molar refractivity (Wildman–Crippen MR) is 146 cm³/mol. The molecule has 1 aliphatic rings. The molecule has 3 aromatic rings. The quantitative estimate of drug-likeness (QED) is 0.148. The number of sulfonamides is 1. The van der Waals surface area contributed by atoms with Gasteiger partial charge in [0, 0.05) is 19.5 Å².